The largest absolute Gasteiger partial charge is 0.495 e. The van der Waals surface area contributed by atoms with Gasteiger partial charge in [-0.3, -0.25) is 14.9 Å². The quantitative estimate of drug-likeness (QED) is 0.322. The van der Waals surface area contributed by atoms with Crippen LogP contribution in [0.15, 0.2) is 71.9 Å². The number of hydrogen-bond acceptors (Lipinski definition) is 5. The van der Waals surface area contributed by atoms with Gasteiger partial charge in [0.25, 0.3) is 0 Å². The minimum atomic E-state index is -1.39. The molecule has 0 bridgehead atoms. The Labute approximate surface area is 248 Å². The third kappa shape index (κ3) is 8.66. The molecule has 0 aromatic heterocycles. The molecule has 3 unspecified atom stereocenters. The number of benzene rings is 2. The number of carbonyl (C=O) groups is 3. The van der Waals surface area contributed by atoms with Gasteiger partial charge in [0.15, 0.2) is 0 Å². The van der Waals surface area contributed by atoms with Gasteiger partial charge in [0.05, 0.1) is 29.3 Å². The predicted molar refractivity (Wildman–Crippen MR) is 158 cm³/mol. The van der Waals surface area contributed by atoms with Gasteiger partial charge in [0, 0.05) is 22.8 Å². The summed E-state index contributed by atoms with van der Waals surface area (Å²) in [6.07, 6.45) is 8.50. The van der Waals surface area contributed by atoms with E-state index in [2.05, 4.69) is 16.0 Å². The number of carboxylic acids is 1. The van der Waals surface area contributed by atoms with Gasteiger partial charge in [-0.25, -0.2) is 9.18 Å². The fraction of sp³-hybridized carbons (Fsp3) is 0.300. The molecule has 0 radical (unpaired) electrons. The van der Waals surface area contributed by atoms with Crippen molar-refractivity contribution >= 4 is 46.7 Å². The summed E-state index contributed by atoms with van der Waals surface area (Å²) in [7, 11) is 1.33. The average Bonchev–Trinajstić information content (AvgIpc) is 2.89. The molecule has 3 atom stereocenters. The first-order valence-corrected chi connectivity index (χ1v) is 13.5. The SMILES string of the molecule is COc1cc(C(=O)O)ccc1NC(=O)C1NC(CC(C)(C)C)C=CC=C(Cl)C=CNC(=O)C1c1cccc(Cl)c1F. The Morgan fingerprint density at radius 3 is 2.56 bits per heavy atom. The number of carbonyl (C=O) groups excluding carboxylic acids is 2. The zero-order valence-corrected chi connectivity index (χ0v) is 24.5. The highest BCUT2D eigenvalue weighted by Gasteiger charge is 2.39. The number of nitrogens with one attached hydrogen (secondary N) is 3. The van der Waals surface area contributed by atoms with E-state index in [0.717, 1.165) is 0 Å². The maximum absolute atomic E-state index is 15.4. The first-order valence-electron chi connectivity index (χ1n) is 12.7. The highest BCUT2D eigenvalue weighted by atomic mass is 35.5. The third-order valence-electron chi connectivity index (χ3n) is 6.21. The molecule has 41 heavy (non-hydrogen) atoms. The Morgan fingerprint density at radius 1 is 1.17 bits per heavy atom. The lowest BCUT2D eigenvalue weighted by atomic mass is 9.85. The zero-order valence-electron chi connectivity index (χ0n) is 23.0. The van der Waals surface area contributed by atoms with Gasteiger partial charge in [0.1, 0.15) is 17.6 Å². The molecule has 0 saturated heterocycles. The van der Waals surface area contributed by atoms with E-state index in [1.807, 2.05) is 26.8 Å². The Balaban J connectivity index is 2.18. The molecule has 0 saturated carbocycles. The monoisotopic (exact) mass is 603 g/mol. The van der Waals surface area contributed by atoms with Crippen LogP contribution in [0.3, 0.4) is 0 Å². The molecule has 1 aliphatic rings. The molecule has 8 nitrogen and oxygen atoms in total. The number of rotatable bonds is 6. The topological polar surface area (TPSA) is 117 Å². The molecule has 2 aromatic carbocycles. The van der Waals surface area contributed by atoms with Gasteiger partial charge in [-0.1, -0.05) is 68.3 Å². The van der Waals surface area contributed by atoms with Gasteiger partial charge in [-0.2, -0.15) is 0 Å². The molecule has 218 valence electrons. The first kappa shape index (κ1) is 31.9. The van der Waals surface area contributed by atoms with Crippen LogP contribution in [0.2, 0.25) is 5.02 Å². The van der Waals surface area contributed by atoms with Crippen molar-refractivity contribution in [2.75, 3.05) is 12.4 Å². The standard InChI is InChI=1S/C30H32Cl2FN3O5/c1-30(2,3)16-19-8-5-7-18(31)13-14-34-27(37)24(20-9-6-10-21(32)25(20)33)26(35-19)28(38)36-22-12-11-17(29(39)40)15-23(22)41-4/h5-15,19,24,26,35H,16H2,1-4H3,(H,34,37)(H,36,38)(H,39,40). The van der Waals surface area contributed by atoms with Gasteiger partial charge < -0.3 is 20.5 Å². The lowest BCUT2D eigenvalue weighted by Crippen LogP contribution is -2.53. The third-order valence-corrected chi connectivity index (χ3v) is 6.76. The summed E-state index contributed by atoms with van der Waals surface area (Å²) < 4.78 is 20.8. The summed E-state index contributed by atoms with van der Waals surface area (Å²) in [6, 6.07) is 6.41. The normalized spacial score (nSPS) is 19.8. The van der Waals surface area contributed by atoms with Crippen molar-refractivity contribution in [2.45, 2.75) is 45.2 Å². The Hall–Kier alpha value is -3.66. The lowest BCUT2D eigenvalue weighted by Gasteiger charge is -2.32. The number of methoxy groups -OCH3 is 1. The molecule has 11 heteroatoms. The fourth-order valence-corrected chi connectivity index (χ4v) is 4.71. The van der Waals surface area contributed by atoms with E-state index in [9.17, 15) is 19.5 Å². The van der Waals surface area contributed by atoms with Crippen LogP contribution in [0.4, 0.5) is 10.1 Å². The van der Waals surface area contributed by atoms with Gasteiger partial charge in [-0.05, 0) is 48.3 Å². The summed E-state index contributed by atoms with van der Waals surface area (Å²) >= 11 is 12.3. The van der Waals surface area contributed by atoms with Crippen LogP contribution in [-0.2, 0) is 9.59 Å². The number of hydrogen-bond donors (Lipinski definition) is 4. The van der Waals surface area contributed by atoms with Crippen LogP contribution in [0.25, 0.3) is 0 Å². The zero-order chi connectivity index (χ0) is 30.3. The number of anilines is 1. The van der Waals surface area contributed by atoms with E-state index < -0.39 is 41.6 Å². The highest BCUT2D eigenvalue weighted by molar-refractivity contribution is 6.31. The molecular formula is C30H32Cl2FN3O5. The molecule has 0 aliphatic carbocycles. The number of halogens is 3. The number of carboxylic acid groups (broad SMARTS) is 1. The Kier molecular flexibility index (Phi) is 10.7. The van der Waals surface area contributed by atoms with Crippen molar-refractivity contribution in [3.8, 4) is 5.75 Å². The van der Waals surface area contributed by atoms with Crippen molar-refractivity contribution in [2.24, 2.45) is 5.41 Å². The van der Waals surface area contributed by atoms with Gasteiger partial charge in [0.2, 0.25) is 11.8 Å². The first-order chi connectivity index (χ1) is 19.3. The Morgan fingerprint density at radius 2 is 1.90 bits per heavy atom. The second-order valence-electron chi connectivity index (χ2n) is 10.6. The van der Waals surface area contributed by atoms with Gasteiger partial charge in [-0.15, -0.1) is 0 Å². The van der Waals surface area contributed by atoms with E-state index in [1.165, 1.54) is 55.8 Å². The van der Waals surface area contributed by atoms with Crippen LogP contribution in [-0.4, -0.2) is 42.1 Å². The van der Waals surface area contributed by atoms with Gasteiger partial charge >= 0.3 is 5.97 Å². The minimum Gasteiger partial charge on any atom is -0.495 e. The van der Waals surface area contributed by atoms with Crippen molar-refractivity contribution in [3.63, 3.8) is 0 Å². The van der Waals surface area contributed by atoms with Crippen LogP contribution >= 0.6 is 23.2 Å². The summed E-state index contributed by atoms with van der Waals surface area (Å²) in [6.45, 7) is 6.07. The number of amides is 2. The van der Waals surface area contributed by atoms with E-state index >= 15 is 4.39 Å². The van der Waals surface area contributed by atoms with Crippen molar-refractivity contribution < 1.29 is 28.6 Å². The second kappa shape index (κ2) is 13.8. The van der Waals surface area contributed by atoms with Crippen LogP contribution < -0.4 is 20.7 Å². The number of aromatic carboxylic acids is 1. The predicted octanol–water partition coefficient (Wildman–Crippen LogP) is 5.99. The lowest BCUT2D eigenvalue weighted by molar-refractivity contribution is -0.127. The number of allylic oxidation sites excluding steroid dienone is 4. The second-order valence-corrected chi connectivity index (χ2v) is 11.5. The highest BCUT2D eigenvalue weighted by Crippen LogP contribution is 2.32. The fourth-order valence-electron chi connectivity index (χ4n) is 4.40. The average molecular weight is 605 g/mol. The van der Waals surface area contributed by atoms with E-state index in [1.54, 1.807) is 12.2 Å². The molecule has 2 amide bonds. The summed E-state index contributed by atoms with van der Waals surface area (Å²) in [5.74, 6) is -4.68. The van der Waals surface area contributed by atoms with Crippen LogP contribution in [0, 0.1) is 11.2 Å². The molecule has 4 N–H and O–H groups in total. The maximum Gasteiger partial charge on any atom is 0.335 e. The van der Waals surface area contributed by atoms with E-state index in [0.29, 0.717) is 11.5 Å². The van der Waals surface area contributed by atoms with Crippen LogP contribution in [0.1, 0.15) is 49.0 Å². The molecule has 0 fully saturated rings. The molecule has 2 aromatic rings. The van der Waals surface area contributed by atoms with Crippen molar-refractivity contribution in [1.29, 1.82) is 0 Å². The molecule has 0 spiro atoms. The number of ether oxygens (including phenoxy) is 1. The summed E-state index contributed by atoms with van der Waals surface area (Å²) in [5, 5.41) is 18.0. The maximum atomic E-state index is 15.4. The molecule has 1 aliphatic heterocycles. The van der Waals surface area contributed by atoms with Crippen LogP contribution in [0.5, 0.6) is 5.75 Å². The van der Waals surface area contributed by atoms with Crippen molar-refractivity contribution in [1.82, 2.24) is 10.6 Å². The van der Waals surface area contributed by atoms with E-state index in [4.69, 9.17) is 27.9 Å². The Bertz CT molecular complexity index is 1400. The molecule has 3 rings (SSSR count). The smallest absolute Gasteiger partial charge is 0.335 e. The summed E-state index contributed by atoms with van der Waals surface area (Å²) in [5.41, 5.74) is -0.182. The molecule has 1 heterocycles. The van der Waals surface area contributed by atoms with E-state index in [-0.39, 0.29) is 33.0 Å². The summed E-state index contributed by atoms with van der Waals surface area (Å²) in [4.78, 5) is 39.1. The van der Waals surface area contributed by atoms with Crippen molar-refractivity contribution in [3.05, 3.63) is 93.9 Å². The minimum absolute atomic E-state index is 0.0453. The molecular weight excluding hydrogens is 572 g/mol.